The maximum atomic E-state index is 12.5. The van der Waals surface area contributed by atoms with Gasteiger partial charge in [-0.3, -0.25) is 4.79 Å². The Balaban J connectivity index is 1.58. The highest BCUT2D eigenvalue weighted by Crippen LogP contribution is 2.28. The molecule has 0 amide bonds. The van der Waals surface area contributed by atoms with Crippen LogP contribution < -0.4 is 16.2 Å². The van der Waals surface area contributed by atoms with Gasteiger partial charge in [-0.1, -0.05) is 12.1 Å². The number of pyridine rings is 2. The number of anilines is 2. The molecule has 138 valence electrons. The Morgan fingerprint density at radius 3 is 2.54 bits per heavy atom. The van der Waals surface area contributed by atoms with Crippen LogP contribution in [0.4, 0.5) is 11.5 Å². The third kappa shape index (κ3) is 3.01. The van der Waals surface area contributed by atoms with Crippen molar-refractivity contribution in [2.24, 2.45) is 0 Å². The highest BCUT2D eigenvalue weighted by Gasteiger charge is 2.18. The van der Waals surface area contributed by atoms with Crippen LogP contribution in [0.3, 0.4) is 0 Å². The van der Waals surface area contributed by atoms with Crippen molar-refractivity contribution in [3.8, 4) is 11.3 Å². The zero-order valence-corrected chi connectivity index (χ0v) is 15.0. The van der Waals surface area contributed by atoms with E-state index >= 15 is 0 Å². The quantitative estimate of drug-likeness (QED) is 0.511. The van der Waals surface area contributed by atoms with Gasteiger partial charge in [-0.2, -0.15) is 0 Å². The number of benzene rings is 1. The predicted octanol–water partition coefficient (Wildman–Crippen LogP) is 2.81. The number of hydrogen-bond donors (Lipinski definition) is 3. The second kappa shape index (κ2) is 6.86. The van der Waals surface area contributed by atoms with Crippen molar-refractivity contribution in [1.29, 1.82) is 0 Å². The van der Waals surface area contributed by atoms with E-state index in [1.807, 2.05) is 24.3 Å². The van der Waals surface area contributed by atoms with E-state index < -0.39 is 0 Å². The Kier molecular flexibility index (Phi) is 4.06. The first-order chi connectivity index (χ1) is 13.8. The highest BCUT2D eigenvalue weighted by atomic mass is 16.1. The zero-order valence-electron chi connectivity index (χ0n) is 15.0. The molecular formula is C21H18N6O. The molecule has 1 aliphatic heterocycles. The van der Waals surface area contributed by atoms with Crippen LogP contribution in [-0.4, -0.2) is 33.0 Å². The first-order valence-corrected chi connectivity index (χ1v) is 9.13. The number of fused-ring (bicyclic) bond motifs is 1. The van der Waals surface area contributed by atoms with Crippen molar-refractivity contribution in [1.82, 2.24) is 25.3 Å². The molecule has 3 N–H and O–H groups in total. The Bertz CT molecular complexity index is 1180. The number of nitrogens with zero attached hydrogens (tertiary/aromatic N) is 3. The van der Waals surface area contributed by atoms with Crippen molar-refractivity contribution in [3.05, 3.63) is 77.2 Å². The van der Waals surface area contributed by atoms with E-state index in [0.29, 0.717) is 22.8 Å². The fourth-order valence-electron chi connectivity index (χ4n) is 3.38. The van der Waals surface area contributed by atoms with Crippen molar-refractivity contribution in [2.75, 3.05) is 18.4 Å². The van der Waals surface area contributed by atoms with Crippen LogP contribution in [0.25, 0.3) is 22.0 Å². The van der Waals surface area contributed by atoms with E-state index in [1.165, 1.54) is 11.9 Å². The topological polar surface area (TPSA) is 95.6 Å². The van der Waals surface area contributed by atoms with Gasteiger partial charge < -0.3 is 15.6 Å². The van der Waals surface area contributed by atoms with Gasteiger partial charge in [-0.25, -0.2) is 15.0 Å². The van der Waals surface area contributed by atoms with Crippen LogP contribution in [0.5, 0.6) is 0 Å². The lowest BCUT2D eigenvalue weighted by molar-refractivity contribution is 0.448. The van der Waals surface area contributed by atoms with E-state index in [9.17, 15) is 4.79 Å². The van der Waals surface area contributed by atoms with Crippen LogP contribution in [0.2, 0.25) is 0 Å². The molecule has 1 fully saturated rings. The van der Waals surface area contributed by atoms with Gasteiger partial charge in [-0.05, 0) is 35.2 Å². The van der Waals surface area contributed by atoms with E-state index in [2.05, 4.69) is 37.7 Å². The summed E-state index contributed by atoms with van der Waals surface area (Å²) >= 11 is 0. The normalized spacial score (nSPS) is 14.0. The van der Waals surface area contributed by atoms with Crippen molar-refractivity contribution >= 4 is 22.3 Å². The number of aromatic amines is 1. The fraction of sp³-hybridized carbons (Fsp3) is 0.143. The standard InChI is InChI=1S/C21H18N6O/c28-21-19-14(5-6-25-21)7-18(16-10-23-12-24-11-16)27-20(19)26-17-3-1-13(2-4-17)15-8-22-9-15/h1-7,10-12,15,22H,8-9H2,(H,25,28)(H,26,27). The number of H-pyrrole nitrogens is 1. The lowest BCUT2D eigenvalue weighted by Gasteiger charge is -2.27. The minimum Gasteiger partial charge on any atom is -0.340 e. The third-order valence-electron chi connectivity index (χ3n) is 5.04. The van der Waals surface area contributed by atoms with Gasteiger partial charge >= 0.3 is 0 Å². The van der Waals surface area contributed by atoms with E-state index in [-0.39, 0.29) is 5.56 Å². The molecule has 1 saturated heterocycles. The van der Waals surface area contributed by atoms with Gasteiger partial charge in [0.15, 0.2) is 0 Å². The molecule has 1 aliphatic rings. The van der Waals surface area contributed by atoms with Crippen LogP contribution in [0, 0.1) is 0 Å². The molecule has 7 heteroatoms. The first kappa shape index (κ1) is 16.6. The molecule has 28 heavy (non-hydrogen) atoms. The zero-order chi connectivity index (χ0) is 18.9. The first-order valence-electron chi connectivity index (χ1n) is 9.13. The van der Waals surface area contributed by atoms with E-state index in [0.717, 1.165) is 29.7 Å². The Labute approximate surface area is 160 Å². The van der Waals surface area contributed by atoms with Crippen LogP contribution in [-0.2, 0) is 0 Å². The maximum absolute atomic E-state index is 12.5. The molecule has 5 rings (SSSR count). The van der Waals surface area contributed by atoms with E-state index in [1.54, 1.807) is 18.6 Å². The number of aromatic nitrogens is 4. The summed E-state index contributed by atoms with van der Waals surface area (Å²) < 4.78 is 0. The van der Waals surface area contributed by atoms with Crippen LogP contribution in [0.1, 0.15) is 11.5 Å². The highest BCUT2D eigenvalue weighted by molar-refractivity contribution is 5.95. The van der Waals surface area contributed by atoms with Crippen molar-refractivity contribution in [3.63, 3.8) is 0 Å². The molecule has 0 saturated carbocycles. The minimum atomic E-state index is -0.180. The maximum Gasteiger partial charge on any atom is 0.259 e. The van der Waals surface area contributed by atoms with E-state index in [4.69, 9.17) is 4.98 Å². The molecule has 4 aromatic rings. The molecule has 3 aromatic heterocycles. The molecule has 0 atom stereocenters. The minimum absolute atomic E-state index is 0.180. The van der Waals surface area contributed by atoms with Gasteiger partial charge in [0, 0.05) is 48.8 Å². The molecule has 0 spiro atoms. The molecule has 4 heterocycles. The molecule has 0 bridgehead atoms. The summed E-state index contributed by atoms with van der Waals surface area (Å²) in [5, 5.41) is 7.93. The number of rotatable bonds is 4. The Morgan fingerprint density at radius 2 is 1.82 bits per heavy atom. The predicted molar refractivity (Wildman–Crippen MR) is 109 cm³/mol. The summed E-state index contributed by atoms with van der Waals surface area (Å²) in [6.45, 7) is 2.05. The Morgan fingerprint density at radius 1 is 1.04 bits per heavy atom. The Hall–Kier alpha value is -3.58. The molecule has 0 radical (unpaired) electrons. The largest absolute Gasteiger partial charge is 0.340 e. The summed E-state index contributed by atoms with van der Waals surface area (Å²) in [5.74, 6) is 1.09. The summed E-state index contributed by atoms with van der Waals surface area (Å²) in [5.41, 5.74) is 3.52. The van der Waals surface area contributed by atoms with Gasteiger partial charge in [-0.15, -0.1) is 0 Å². The lowest BCUT2D eigenvalue weighted by atomic mass is 9.94. The number of hydrogen-bond acceptors (Lipinski definition) is 6. The molecule has 0 unspecified atom stereocenters. The van der Waals surface area contributed by atoms with Gasteiger partial charge in [0.05, 0.1) is 11.1 Å². The van der Waals surface area contributed by atoms with Crippen molar-refractivity contribution < 1.29 is 0 Å². The summed E-state index contributed by atoms with van der Waals surface area (Å²) in [6, 6.07) is 12.0. The average molecular weight is 370 g/mol. The number of nitrogens with one attached hydrogen (secondary N) is 3. The fourth-order valence-corrected chi connectivity index (χ4v) is 3.38. The van der Waals surface area contributed by atoms with Gasteiger partial charge in [0.25, 0.3) is 5.56 Å². The molecule has 1 aromatic carbocycles. The average Bonchev–Trinajstić information content (AvgIpc) is 2.69. The summed E-state index contributed by atoms with van der Waals surface area (Å²) in [7, 11) is 0. The summed E-state index contributed by atoms with van der Waals surface area (Å²) in [6.07, 6.45) is 6.54. The van der Waals surface area contributed by atoms with Crippen molar-refractivity contribution in [2.45, 2.75) is 5.92 Å². The summed E-state index contributed by atoms with van der Waals surface area (Å²) in [4.78, 5) is 28.0. The molecular weight excluding hydrogens is 352 g/mol. The van der Waals surface area contributed by atoms with Gasteiger partial charge in [0.2, 0.25) is 0 Å². The molecule has 7 nitrogen and oxygen atoms in total. The second-order valence-electron chi connectivity index (χ2n) is 6.86. The SMILES string of the molecule is O=c1[nH]ccc2cc(-c3cncnc3)nc(Nc3ccc(C4CNC4)cc3)c12. The smallest absolute Gasteiger partial charge is 0.259 e. The lowest BCUT2D eigenvalue weighted by Crippen LogP contribution is -2.39. The van der Waals surface area contributed by atoms with Crippen LogP contribution >= 0.6 is 0 Å². The van der Waals surface area contributed by atoms with Crippen LogP contribution in [0.15, 0.2) is 66.1 Å². The monoisotopic (exact) mass is 370 g/mol. The second-order valence-corrected chi connectivity index (χ2v) is 6.86. The van der Waals surface area contributed by atoms with Gasteiger partial charge in [0.1, 0.15) is 12.1 Å². The molecule has 0 aliphatic carbocycles. The third-order valence-corrected chi connectivity index (χ3v) is 5.04.